The smallest absolute Gasteiger partial charge is 0.459 e. The molecule has 6 N–H and O–H groups in total. The van der Waals surface area contributed by atoms with Gasteiger partial charge in [-0.2, -0.15) is 10.1 Å². The van der Waals surface area contributed by atoms with Crippen molar-refractivity contribution in [2.24, 2.45) is 5.41 Å². The van der Waals surface area contributed by atoms with Gasteiger partial charge in [0, 0.05) is 11.6 Å². The Morgan fingerprint density at radius 1 is 1.44 bits per heavy atom. The van der Waals surface area contributed by atoms with Crippen molar-refractivity contribution in [3.05, 3.63) is 52.6 Å². The summed E-state index contributed by atoms with van der Waals surface area (Å²) >= 11 is 0. The van der Waals surface area contributed by atoms with Crippen molar-refractivity contribution in [1.29, 1.82) is 0 Å². The zero-order valence-electron chi connectivity index (χ0n) is 18.0. The van der Waals surface area contributed by atoms with Gasteiger partial charge in [-0.25, -0.2) is 9.55 Å². The molecule has 180 valence electrons. The van der Waals surface area contributed by atoms with Gasteiger partial charge in [-0.1, -0.05) is 18.2 Å². The maximum absolute atomic E-state index is 13.4. The Hall–Kier alpha value is -3.51. The van der Waals surface area contributed by atoms with Crippen LogP contribution in [0.15, 0.2) is 47.0 Å². The Bertz CT molecular complexity index is 1350. The first-order valence-corrected chi connectivity index (χ1v) is 11.7. The molecule has 0 bridgehead atoms. The number of H-pyrrole nitrogens is 1. The van der Waals surface area contributed by atoms with Crippen LogP contribution in [0.3, 0.4) is 0 Å². The number of nitrogens with one attached hydrogen (secondary N) is 2. The van der Waals surface area contributed by atoms with Gasteiger partial charge in [0.1, 0.15) is 18.1 Å². The van der Waals surface area contributed by atoms with Crippen LogP contribution in [0.2, 0.25) is 0 Å². The number of imidazole rings is 1. The maximum atomic E-state index is 13.4. The van der Waals surface area contributed by atoms with E-state index in [9.17, 15) is 24.4 Å². The third kappa shape index (κ3) is 4.87. The second kappa shape index (κ2) is 9.03. The van der Waals surface area contributed by atoms with E-state index in [-0.39, 0.29) is 36.1 Å². The highest BCUT2D eigenvalue weighted by molar-refractivity contribution is 7.52. The molecular weight excluding hydrogens is 467 g/mol. The summed E-state index contributed by atoms with van der Waals surface area (Å²) < 4.78 is 25.9. The van der Waals surface area contributed by atoms with Crippen molar-refractivity contribution >= 4 is 37.0 Å². The molecule has 1 aromatic carbocycles. The quantitative estimate of drug-likeness (QED) is 0.256. The molecule has 0 saturated heterocycles. The first kappa shape index (κ1) is 23.6. The Balaban J connectivity index is 1.55. The molecule has 0 amide bonds. The van der Waals surface area contributed by atoms with Crippen molar-refractivity contribution in [2.75, 3.05) is 18.9 Å². The van der Waals surface area contributed by atoms with E-state index in [1.165, 1.54) is 17.8 Å². The fraction of sp³-hybridized carbons (Fsp3) is 0.300. The summed E-state index contributed by atoms with van der Waals surface area (Å²) in [5.41, 5.74) is 5.31. The van der Waals surface area contributed by atoms with Crippen LogP contribution < -0.4 is 20.9 Å². The molecule has 4 rings (SSSR count). The van der Waals surface area contributed by atoms with E-state index >= 15 is 0 Å². The number of rotatable bonds is 10. The third-order valence-electron chi connectivity index (χ3n) is 5.34. The SMILES string of the molecule is CC(N[P@](=O)(OCC1(CO)C/C1=C/n1cnc2c(=O)[nH]c(N)nc21)Oc1ccccc1)C(=O)O. The van der Waals surface area contributed by atoms with Gasteiger partial charge in [0.25, 0.3) is 5.56 Å². The van der Waals surface area contributed by atoms with Crippen molar-refractivity contribution in [3.63, 3.8) is 0 Å². The number of carboxylic acids is 1. The number of nitrogen functional groups attached to an aromatic ring is 1. The molecule has 34 heavy (non-hydrogen) atoms. The number of aliphatic hydroxyl groups is 1. The van der Waals surface area contributed by atoms with Crippen LogP contribution >= 0.6 is 7.75 Å². The number of para-hydroxylation sites is 1. The van der Waals surface area contributed by atoms with Crippen LogP contribution in [-0.2, 0) is 13.9 Å². The van der Waals surface area contributed by atoms with E-state index < -0.39 is 30.7 Å². The number of aliphatic hydroxyl groups excluding tert-OH is 1. The van der Waals surface area contributed by atoms with E-state index in [1.807, 2.05) is 0 Å². The van der Waals surface area contributed by atoms with E-state index in [2.05, 4.69) is 20.0 Å². The summed E-state index contributed by atoms with van der Waals surface area (Å²) in [4.78, 5) is 33.7. The lowest BCUT2D eigenvalue weighted by molar-refractivity contribution is -0.138. The van der Waals surface area contributed by atoms with E-state index in [0.29, 0.717) is 12.0 Å². The molecule has 0 radical (unpaired) electrons. The number of carbonyl (C=O) groups is 1. The fourth-order valence-electron chi connectivity index (χ4n) is 3.27. The molecule has 2 aromatic heterocycles. The summed E-state index contributed by atoms with van der Waals surface area (Å²) in [6, 6.07) is 6.96. The molecule has 1 saturated carbocycles. The highest BCUT2D eigenvalue weighted by atomic mass is 31.2. The highest BCUT2D eigenvalue weighted by Gasteiger charge is 2.51. The van der Waals surface area contributed by atoms with Crippen LogP contribution in [-0.4, -0.2) is 55.0 Å². The third-order valence-corrected chi connectivity index (χ3v) is 6.96. The van der Waals surface area contributed by atoms with E-state index in [0.717, 1.165) is 0 Å². The standard InChI is InChI=1S/C20H23N6O7P/c1-12(18(29)30)25-34(31,33-14-5-3-2-4-6-14)32-10-20(9-27)7-13(20)8-26-11-22-15-16(26)23-19(21)24-17(15)28/h2-6,8,11-12,27H,7,9-10H2,1H3,(H,25,31)(H,29,30)(H3,21,23,24,28)/b13-8-/t12?,20?,34-/m0/s1. The number of anilines is 1. The topological polar surface area (TPSA) is 195 Å². The number of aromatic amines is 1. The second-order valence-electron chi connectivity index (χ2n) is 7.91. The predicted octanol–water partition coefficient (Wildman–Crippen LogP) is 1.19. The van der Waals surface area contributed by atoms with Gasteiger partial charge in [-0.15, -0.1) is 0 Å². The van der Waals surface area contributed by atoms with Gasteiger partial charge in [0.05, 0.1) is 13.2 Å². The van der Waals surface area contributed by atoms with Crippen molar-refractivity contribution < 1.29 is 28.6 Å². The molecule has 1 aliphatic rings. The summed E-state index contributed by atoms with van der Waals surface area (Å²) in [5.74, 6) is -1.08. The Morgan fingerprint density at radius 2 is 2.18 bits per heavy atom. The molecule has 3 aromatic rings. The second-order valence-corrected chi connectivity index (χ2v) is 9.60. The minimum absolute atomic E-state index is 0.0668. The molecule has 1 fully saturated rings. The molecular formula is C20H23N6O7P. The normalized spacial score (nSPS) is 21.3. The zero-order chi connectivity index (χ0) is 24.5. The Morgan fingerprint density at radius 3 is 2.85 bits per heavy atom. The van der Waals surface area contributed by atoms with Crippen molar-refractivity contribution in [1.82, 2.24) is 24.6 Å². The largest absolute Gasteiger partial charge is 0.480 e. The number of aliphatic carboxylic acids is 1. The monoisotopic (exact) mass is 490 g/mol. The minimum Gasteiger partial charge on any atom is -0.480 e. The number of aromatic nitrogens is 4. The molecule has 0 aliphatic heterocycles. The average Bonchev–Trinajstić information content (AvgIpc) is 3.34. The molecule has 2 heterocycles. The molecule has 14 heteroatoms. The maximum Gasteiger partial charge on any atom is 0.459 e. The van der Waals surface area contributed by atoms with Crippen LogP contribution in [0, 0.1) is 5.41 Å². The molecule has 0 spiro atoms. The summed E-state index contributed by atoms with van der Waals surface area (Å²) in [7, 11) is -4.13. The number of nitrogens with two attached hydrogens (primary N) is 1. The lowest BCUT2D eigenvalue weighted by Crippen LogP contribution is -2.34. The van der Waals surface area contributed by atoms with Gasteiger partial charge in [-0.05, 0) is 31.1 Å². The first-order valence-electron chi connectivity index (χ1n) is 10.2. The van der Waals surface area contributed by atoms with E-state index in [4.69, 9.17) is 14.8 Å². The van der Waals surface area contributed by atoms with Crippen LogP contribution in [0.5, 0.6) is 5.75 Å². The van der Waals surface area contributed by atoms with Crippen molar-refractivity contribution in [3.8, 4) is 5.75 Å². The van der Waals surface area contributed by atoms with Crippen molar-refractivity contribution in [2.45, 2.75) is 19.4 Å². The van der Waals surface area contributed by atoms with E-state index in [1.54, 1.807) is 36.5 Å². The number of fused-ring (bicyclic) bond motifs is 1. The lowest BCUT2D eigenvalue weighted by atomic mass is 10.1. The van der Waals surface area contributed by atoms with Crippen LogP contribution in [0.1, 0.15) is 13.3 Å². The molecule has 13 nitrogen and oxygen atoms in total. The minimum atomic E-state index is -4.13. The van der Waals surface area contributed by atoms with Gasteiger partial charge in [0.2, 0.25) is 5.95 Å². The molecule has 2 unspecified atom stereocenters. The Labute approximate surface area is 192 Å². The first-order chi connectivity index (χ1) is 16.1. The highest BCUT2D eigenvalue weighted by Crippen LogP contribution is 2.56. The number of benzene rings is 1. The van der Waals surface area contributed by atoms with Gasteiger partial charge < -0.3 is 20.5 Å². The number of nitrogens with zero attached hydrogens (tertiary/aromatic N) is 3. The van der Waals surface area contributed by atoms with Gasteiger partial charge in [0.15, 0.2) is 11.2 Å². The average molecular weight is 490 g/mol. The van der Waals surface area contributed by atoms with Crippen LogP contribution in [0.4, 0.5) is 5.95 Å². The van der Waals surface area contributed by atoms with Crippen LogP contribution in [0.25, 0.3) is 17.4 Å². The Kier molecular flexibility index (Phi) is 6.28. The number of hydrogen-bond acceptors (Lipinski definition) is 9. The zero-order valence-corrected chi connectivity index (χ0v) is 18.9. The van der Waals surface area contributed by atoms with Gasteiger partial charge >= 0.3 is 13.7 Å². The summed E-state index contributed by atoms with van der Waals surface area (Å²) in [6.07, 6.45) is 3.42. The number of carboxylic acid groups (broad SMARTS) is 1. The summed E-state index contributed by atoms with van der Waals surface area (Å²) in [5, 5.41) is 21.6. The number of hydrogen-bond donors (Lipinski definition) is 5. The lowest BCUT2D eigenvalue weighted by Gasteiger charge is -2.23. The molecule has 3 atom stereocenters. The predicted molar refractivity (Wildman–Crippen MR) is 122 cm³/mol. The fourth-order valence-corrected chi connectivity index (χ4v) is 4.85. The van der Waals surface area contributed by atoms with Gasteiger partial charge in [-0.3, -0.25) is 23.7 Å². The molecule has 1 aliphatic carbocycles. The summed E-state index contributed by atoms with van der Waals surface area (Å²) in [6.45, 7) is 0.754.